The van der Waals surface area contributed by atoms with Crippen LogP contribution in [0.1, 0.15) is 18.4 Å². The van der Waals surface area contributed by atoms with Gasteiger partial charge in [-0.05, 0) is 18.4 Å². The van der Waals surface area contributed by atoms with Gasteiger partial charge in [-0.1, -0.05) is 42.5 Å². The van der Waals surface area contributed by atoms with E-state index in [0.717, 1.165) is 5.56 Å². The number of amides is 2. The van der Waals surface area contributed by atoms with Crippen LogP contribution in [0.4, 0.5) is 0 Å². The number of carboxylic acids is 1. The van der Waals surface area contributed by atoms with Crippen LogP contribution in [0.5, 0.6) is 0 Å². The van der Waals surface area contributed by atoms with Crippen LogP contribution in [0.15, 0.2) is 42.5 Å². The van der Waals surface area contributed by atoms with E-state index in [2.05, 4.69) is 10.9 Å². The zero-order valence-electron chi connectivity index (χ0n) is 12.0. The third-order valence-corrected chi connectivity index (χ3v) is 3.62. The van der Waals surface area contributed by atoms with Gasteiger partial charge in [-0.25, -0.2) is 0 Å². The van der Waals surface area contributed by atoms with Gasteiger partial charge in [0.1, 0.15) is 0 Å². The van der Waals surface area contributed by atoms with Crippen LogP contribution in [0.3, 0.4) is 0 Å². The van der Waals surface area contributed by atoms with Crippen LogP contribution in [0.25, 0.3) is 0 Å². The molecule has 0 fully saturated rings. The number of rotatable bonds is 4. The summed E-state index contributed by atoms with van der Waals surface area (Å²) in [5, 5.41) is 9.13. The van der Waals surface area contributed by atoms with Gasteiger partial charge in [0.25, 0.3) is 0 Å². The molecule has 0 aliphatic heterocycles. The first-order valence-electron chi connectivity index (χ1n) is 7.08. The van der Waals surface area contributed by atoms with E-state index < -0.39 is 23.7 Å². The maximum absolute atomic E-state index is 12.0. The Morgan fingerprint density at radius 1 is 1.00 bits per heavy atom. The quantitative estimate of drug-likeness (QED) is 0.572. The van der Waals surface area contributed by atoms with Crippen molar-refractivity contribution in [3.63, 3.8) is 0 Å². The van der Waals surface area contributed by atoms with Crippen LogP contribution in [0.2, 0.25) is 0 Å². The van der Waals surface area contributed by atoms with Crippen molar-refractivity contribution in [1.29, 1.82) is 0 Å². The third-order valence-electron chi connectivity index (χ3n) is 3.62. The molecule has 6 nitrogen and oxygen atoms in total. The van der Waals surface area contributed by atoms with Gasteiger partial charge in [0.15, 0.2) is 0 Å². The van der Waals surface area contributed by atoms with Crippen molar-refractivity contribution in [3.8, 4) is 0 Å². The summed E-state index contributed by atoms with van der Waals surface area (Å²) < 4.78 is 0. The van der Waals surface area contributed by atoms with Gasteiger partial charge >= 0.3 is 5.97 Å². The number of hydrogen-bond acceptors (Lipinski definition) is 3. The Balaban J connectivity index is 1.85. The Kier molecular flexibility index (Phi) is 5.30. The zero-order chi connectivity index (χ0) is 15.9. The summed E-state index contributed by atoms with van der Waals surface area (Å²) in [4.78, 5) is 35.0. The Labute approximate surface area is 128 Å². The molecule has 2 rings (SSSR count). The number of carbonyl (C=O) groups is 3. The molecule has 2 atom stereocenters. The second-order valence-corrected chi connectivity index (χ2v) is 5.19. The second-order valence-electron chi connectivity index (χ2n) is 5.19. The maximum Gasteiger partial charge on any atom is 0.307 e. The molecule has 0 saturated heterocycles. The van der Waals surface area contributed by atoms with Crippen LogP contribution in [0, 0.1) is 11.8 Å². The van der Waals surface area contributed by atoms with E-state index in [0.29, 0.717) is 12.8 Å². The van der Waals surface area contributed by atoms with Gasteiger partial charge in [0.05, 0.1) is 18.3 Å². The van der Waals surface area contributed by atoms with E-state index in [1.54, 1.807) is 12.2 Å². The summed E-state index contributed by atoms with van der Waals surface area (Å²) in [5.41, 5.74) is 5.49. The van der Waals surface area contributed by atoms with Crippen molar-refractivity contribution in [2.45, 2.75) is 19.3 Å². The molecule has 0 radical (unpaired) electrons. The standard InChI is InChI=1S/C16H18N2O4/c19-14(10-11-6-2-1-3-7-11)17-18-15(20)12-8-4-5-9-13(12)16(21)22/h1-7,12-13H,8-10H2,(H,17,19)(H,18,20)(H,21,22). The monoisotopic (exact) mass is 302 g/mol. The lowest BCUT2D eigenvalue weighted by molar-refractivity contribution is -0.147. The molecule has 0 bridgehead atoms. The average molecular weight is 302 g/mol. The normalized spacial score (nSPS) is 20.2. The molecule has 0 saturated carbocycles. The molecule has 116 valence electrons. The number of allylic oxidation sites excluding steroid dienone is 2. The molecule has 1 aliphatic carbocycles. The summed E-state index contributed by atoms with van der Waals surface area (Å²) in [6, 6.07) is 9.13. The van der Waals surface area contributed by atoms with E-state index in [-0.39, 0.29) is 12.3 Å². The molecule has 1 aromatic carbocycles. The molecule has 0 spiro atoms. The minimum Gasteiger partial charge on any atom is -0.481 e. The summed E-state index contributed by atoms with van der Waals surface area (Å²) in [5.74, 6) is -3.24. The molecule has 2 unspecified atom stereocenters. The molecule has 3 N–H and O–H groups in total. The van der Waals surface area contributed by atoms with Crippen molar-refractivity contribution in [2.75, 3.05) is 0 Å². The number of carboxylic acid groups (broad SMARTS) is 1. The first-order chi connectivity index (χ1) is 10.6. The van der Waals surface area contributed by atoms with Crippen LogP contribution in [-0.2, 0) is 20.8 Å². The largest absolute Gasteiger partial charge is 0.481 e. The molecule has 22 heavy (non-hydrogen) atoms. The summed E-state index contributed by atoms with van der Waals surface area (Å²) in [6.45, 7) is 0. The lowest BCUT2D eigenvalue weighted by Crippen LogP contribution is -2.47. The van der Waals surface area contributed by atoms with E-state index in [9.17, 15) is 14.4 Å². The molecule has 0 heterocycles. The molecular formula is C16H18N2O4. The third kappa shape index (κ3) is 4.18. The highest BCUT2D eigenvalue weighted by Gasteiger charge is 2.34. The van der Waals surface area contributed by atoms with Crippen molar-refractivity contribution in [1.82, 2.24) is 10.9 Å². The highest BCUT2D eigenvalue weighted by atomic mass is 16.4. The smallest absolute Gasteiger partial charge is 0.307 e. The van der Waals surface area contributed by atoms with Gasteiger partial charge in [0.2, 0.25) is 11.8 Å². The van der Waals surface area contributed by atoms with E-state index in [4.69, 9.17) is 5.11 Å². The van der Waals surface area contributed by atoms with Crippen molar-refractivity contribution >= 4 is 17.8 Å². The zero-order valence-corrected chi connectivity index (χ0v) is 12.0. The Hall–Kier alpha value is -2.63. The first-order valence-corrected chi connectivity index (χ1v) is 7.08. The number of hydrazine groups is 1. The number of hydrogen-bond donors (Lipinski definition) is 3. The highest BCUT2D eigenvalue weighted by molar-refractivity contribution is 5.87. The molecular weight excluding hydrogens is 284 g/mol. The predicted octanol–water partition coefficient (Wildman–Crippen LogP) is 1.04. The minimum atomic E-state index is -1.000. The highest BCUT2D eigenvalue weighted by Crippen LogP contribution is 2.25. The fraction of sp³-hybridized carbons (Fsp3) is 0.312. The fourth-order valence-electron chi connectivity index (χ4n) is 2.43. The lowest BCUT2D eigenvalue weighted by Gasteiger charge is -2.24. The van der Waals surface area contributed by atoms with Gasteiger partial charge in [-0.2, -0.15) is 0 Å². The number of nitrogens with one attached hydrogen (secondary N) is 2. The fourth-order valence-corrected chi connectivity index (χ4v) is 2.43. The van der Waals surface area contributed by atoms with E-state index >= 15 is 0 Å². The number of carbonyl (C=O) groups excluding carboxylic acids is 2. The second kappa shape index (κ2) is 7.40. The van der Waals surface area contributed by atoms with Crippen LogP contribution < -0.4 is 10.9 Å². The van der Waals surface area contributed by atoms with Crippen molar-refractivity contribution in [2.24, 2.45) is 11.8 Å². The topological polar surface area (TPSA) is 95.5 Å². The minimum absolute atomic E-state index is 0.147. The van der Waals surface area contributed by atoms with Gasteiger partial charge in [-0.3, -0.25) is 25.2 Å². The van der Waals surface area contributed by atoms with Gasteiger partial charge in [0, 0.05) is 0 Å². The number of aliphatic carboxylic acids is 1. The Morgan fingerprint density at radius 3 is 2.27 bits per heavy atom. The summed E-state index contributed by atoms with van der Waals surface area (Å²) in [6.07, 6.45) is 4.38. The average Bonchev–Trinajstić information content (AvgIpc) is 2.53. The Bertz CT molecular complexity index is 583. The molecule has 6 heteroatoms. The summed E-state index contributed by atoms with van der Waals surface area (Å²) in [7, 11) is 0. The van der Waals surface area contributed by atoms with Crippen LogP contribution >= 0.6 is 0 Å². The number of benzene rings is 1. The molecule has 0 aromatic heterocycles. The van der Waals surface area contributed by atoms with Gasteiger partial charge < -0.3 is 5.11 Å². The molecule has 1 aliphatic rings. The first kappa shape index (κ1) is 15.8. The summed E-state index contributed by atoms with van der Waals surface area (Å²) >= 11 is 0. The van der Waals surface area contributed by atoms with Crippen molar-refractivity contribution < 1.29 is 19.5 Å². The van der Waals surface area contributed by atoms with Crippen molar-refractivity contribution in [3.05, 3.63) is 48.0 Å². The molecule has 1 aromatic rings. The van der Waals surface area contributed by atoms with E-state index in [1.165, 1.54) is 0 Å². The Morgan fingerprint density at radius 2 is 1.64 bits per heavy atom. The van der Waals surface area contributed by atoms with Gasteiger partial charge in [-0.15, -0.1) is 0 Å². The molecule has 2 amide bonds. The lowest BCUT2D eigenvalue weighted by atomic mass is 9.82. The van der Waals surface area contributed by atoms with Crippen LogP contribution in [-0.4, -0.2) is 22.9 Å². The predicted molar refractivity (Wildman–Crippen MR) is 79.4 cm³/mol. The van der Waals surface area contributed by atoms with E-state index in [1.807, 2.05) is 30.3 Å². The maximum atomic E-state index is 12.0. The SMILES string of the molecule is O=C(Cc1ccccc1)NNC(=O)C1CC=CCC1C(=O)O.